The molecule has 8 heteroatoms. The third-order valence-corrected chi connectivity index (χ3v) is 4.92. The number of halogens is 1. The molecule has 3 rings (SSSR count). The number of nitrogen functional groups attached to an aromatic ring is 1. The van der Waals surface area contributed by atoms with E-state index in [1.54, 1.807) is 30.5 Å². The Hall–Kier alpha value is -3.41. The summed E-state index contributed by atoms with van der Waals surface area (Å²) in [6, 6.07) is 11.2. The standard InChI is InChI=1S/C23H25FN4O3/c1-3-28(4-2)13-16(29)14-30-23-11-21-18(9-15(23)12-25)22(7-8-27-21)31-17-5-6-20(26)19(24)10-17/h5-11,16,29H,3-4,13-14,26H2,1-2H3/t16-/m1/s1. The van der Waals surface area contributed by atoms with Gasteiger partial charge in [-0.2, -0.15) is 5.26 Å². The number of fused-ring (bicyclic) bond motifs is 1. The molecule has 2 aromatic carbocycles. The molecule has 0 saturated carbocycles. The lowest BCUT2D eigenvalue weighted by atomic mass is 10.1. The van der Waals surface area contributed by atoms with Gasteiger partial charge in [-0.25, -0.2) is 4.39 Å². The predicted octanol–water partition coefficient (Wildman–Crippen LogP) is 3.70. The van der Waals surface area contributed by atoms with Gasteiger partial charge in [-0.1, -0.05) is 13.8 Å². The van der Waals surface area contributed by atoms with E-state index in [2.05, 4.69) is 16.0 Å². The summed E-state index contributed by atoms with van der Waals surface area (Å²) in [5.41, 5.74) is 6.36. The molecule has 3 N–H and O–H groups in total. The third-order valence-electron chi connectivity index (χ3n) is 4.92. The molecular weight excluding hydrogens is 399 g/mol. The quantitative estimate of drug-likeness (QED) is 0.505. The van der Waals surface area contributed by atoms with E-state index in [1.807, 2.05) is 13.8 Å². The molecule has 7 nitrogen and oxygen atoms in total. The Morgan fingerprint density at radius 2 is 1.97 bits per heavy atom. The van der Waals surface area contributed by atoms with Gasteiger partial charge in [0.15, 0.2) is 0 Å². The first-order valence-electron chi connectivity index (χ1n) is 10.0. The van der Waals surface area contributed by atoms with Crippen molar-refractivity contribution in [2.24, 2.45) is 0 Å². The van der Waals surface area contributed by atoms with E-state index in [0.29, 0.717) is 28.9 Å². The summed E-state index contributed by atoms with van der Waals surface area (Å²) >= 11 is 0. The van der Waals surface area contributed by atoms with Crippen LogP contribution in [0, 0.1) is 17.1 Å². The van der Waals surface area contributed by atoms with Gasteiger partial charge in [0, 0.05) is 30.3 Å². The summed E-state index contributed by atoms with van der Waals surface area (Å²) in [6.07, 6.45) is 0.862. The van der Waals surface area contributed by atoms with Crippen LogP contribution in [0.5, 0.6) is 17.2 Å². The highest BCUT2D eigenvalue weighted by Crippen LogP contribution is 2.33. The lowest BCUT2D eigenvalue weighted by molar-refractivity contribution is 0.0716. The molecule has 31 heavy (non-hydrogen) atoms. The highest BCUT2D eigenvalue weighted by Gasteiger charge is 2.15. The van der Waals surface area contributed by atoms with Crippen molar-refractivity contribution in [3.05, 3.63) is 54.0 Å². The Balaban J connectivity index is 1.84. The Bertz CT molecular complexity index is 1100. The topological polar surface area (TPSA) is 105 Å². The summed E-state index contributed by atoms with van der Waals surface area (Å²) in [6.45, 7) is 6.25. The van der Waals surface area contributed by atoms with Crippen LogP contribution in [0.2, 0.25) is 0 Å². The van der Waals surface area contributed by atoms with E-state index < -0.39 is 11.9 Å². The summed E-state index contributed by atoms with van der Waals surface area (Å²) in [7, 11) is 0. The molecular formula is C23H25FN4O3. The number of nitriles is 1. The van der Waals surface area contributed by atoms with E-state index in [4.69, 9.17) is 15.2 Å². The molecule has 1 heterocycles. The van der Waals surface area contributed by atoms with Crippen molar-refractivity contribution in [2.75, 3.05) is 32.0 Å². The Morgan fingerprint density at radius 1 is 1.19 bits per heavy atom. The minimum Gasteiger partial charge on any atom is -0.489 e. The minimum atomic E-state index is -0.690. The van der Waals surface area contributed by atoms with Crippen molar-refractivity contribution in [3.8, 4) is 23.3 Å². The zero-order valence-corrected chi connectivity index (χ0v) is 17.5. The van der Waals surface area contributed by atoms with Crippen LogP contribution < -0.4 is 15.2 Å². The molecule has 1 atom stereocenters. The first-order chi connectivity index (χ1) is 14.9. The van der Waals surface area contributed by atoms with Crippen molar-refractivity contribution in [1.82, 2.24) is 9.88 Å². The fraction of sp³-hybridized carbons (Fsp3) is 0.304. The maximum absolute atomic E-state index is 13.7. The second kappa shape index (κ2) is 10.1. The zero-order chi connectivity index (χ0) is 22.4. The van der Waals surface area contributed by atoms with Gasteiger partial charge in [0.1, 0.15) is 41.8 Å². The third kappa shape index (κ3) is 5.40. The molecule has 0 saturated heterocycles. The molecule has 1 aromatic heterocycles. The number of likely N-dealkylation sites (N-methyl/N-ethyl adjacent to an activating group) is 1. The highest BCUT2D eigenvalue weighted by atomic mass is 19.1. The Morgan fingerprint density at radius 3 is 2.65 bits per heavy atom. The summed E-state index contributed by atoms with van der Waals surface area (Å²) in [4.78, 5) is 6.41. The molecule has 0 radical (unpaired) electrons. The smallest absolute Gasteiger partial charge is 0.149 e. The SMILES string of the molecule is CCN(CC)C[C@@H](O)COc1cc2nccc(Oc3ccc(N)c(F)c3)c2cc1C#N. The molecule has 0 aliphatic heterocycles. The number of aromatic nitrogens is 1. The number of ether oxygens (including phenoxy) is 2. The lowest BCUT2D eigenvalue weighted by Crippen LogP contribution is -2.35. The molecule has 0 unspecified atom stereocenters. The average molecular weight is 424 g/mol. The van der Waals surface area contributed by atoms with Crippen LogP contribution in [0.1, 0.15) is 19.4 Å². The zero-order valence-electron chi connectivity index (χ0n) is 17.5. The van der Waals surface area contributed by atoms with E-state index >= 15 is 0 Å². The van der Waals surface area contributed by atoms with Gasteiger partial charge < -0.3 is 25.2 Å². The van der Waals surface area contributed by atoms with Crippen LogP contribution in [-0.4, -0.2) is 47.3 Å². The molecule has 3 aromatic rings. The number of nitrogens with two attached hydrogens (primary N) is 1. The van der Waals surface area contributed by atoms with Gasteiger partial charge in [0.25, 0.3) is 0 Å². The molecule has 0 aliphatic rings. The summed E-state index contributed by atoms with van der Waals surface area (Å²) in [5, 5.41) is 20.4. The summed E-state index contributed by atoms with van der Waals surface area (Å²) < 4.78 is 25.3. The van der Waals surface area contributed by atoms with Crippen molar-refractivity contribution in [1.29, 1.82) is 5.26 Å². The Labute approximate surface area is 180 Å². The molecule has 0 aliphatic carbocycles. The van der Waals surface area contributed by atoms with Crippen LogP contribution in [-0.2, 0) is 0 Å². The first kappa shape index (κ1) is 22.3. The van der Waals surface area contributed by atoms with Gasteiger partial charge in [0.2, 0.25) is 0 Å². The fourth-order valence-electron chi connectivity index (χ4n) is 3.16. The number of hydrogen-bond acceptors (Lipinski definition) is 7. The highest BCUT2D eigenvalue weighted by molar-refractivity contribution is 5.88. The van der Waals surface area contributed by atoms with E-state index in [-0.39, 0.29) is 23.6 Å². The van der Waals surface area contributed by atoms with Crippen molar-refractivity contribution in [3.63, 3.8) is 0 Å². The van der Waals surface area contributed by atoms with Gasteiger partial charge >= 0.3 is 0 Å². The number of aliphatic hydroxyl groups excluding tert-OH is 1. The van der Waals surface area contributed by atoms with Gasteiger partial charge in [0.05, 0.1) is 16.8 Å². The van der Waals surface area contributed by atoms with Crippen molar-refractivity contribution >= 4 is 16.6 Å². The number of benzene rings is 2. The van der Waals surface area contributed by atoms with E-state index in [0.717, 1.165) is 13.1 Å². The summed E-state index contributed by atoms with van der Waals surface area (Å²) in [5.74, 6) is 0.445. The van der Waals surface area contributed by atoms with Crippen molar-refractivity contribution in [2.45, 2.75) is 20.0 Å². The van der Waals surface area contributed by atoms with Crippen LogP contribution in [0.15, 0.2) is 42.6 Å². The van der Waals surface area contributed by atoms with Crippen LogP contribution in [0.4, 0.5) is 10.1 Å². The van der Waals surface area contributed by atoms with Crippen LogP contribution in [0.3, 0.4) is 0 Å². The van der Waals surface area contributed by atoms with Crippen LogP contribution in [0.25, 0.3) is 10.9 Å². The molecule has 0 amide bonds. The number of aliphatic hydroxyl groups is 1. The lowest BCUT2D eigenvalue weighted by Gasteiger charge is -2.22. The average Bonchev–Trinajstić information content (AvgIpc) is 2.78. The number of anilines is 1. The first-order valence-corrected chi connectivity index (χ1v) is 10.0. The Kier molecular flexibility index (Phi) is 7.23. The largest absolute Gasteiger partial charge is 0.489 e. The molecule has 0 spiro atoms. The van der Waals surface area contributed by atoms with E-state index in [9.17, 15) is 14.8 Å². The van der Waals surface area contributed by atoms with Gasteiger partial charge in [-0.05, 0) is 37.4 Å². The fourth-order valence-corrected chi connectivity index (χ4v) is 3.16. The maximum Gasteiger partial charge on any atom is 0.149 e. The normalized spacial score (nSPS) is 12.0. The van der Waals surface area contributed by atoms with Crippen LogP contribution >= 0.6 is 0 Å². The van der Waals surface area contributed by atoms with E-state index in [1.165, 1.54) is 12.1 Å². The number of pyridine rings is 1. The number of rotatable bonds is 9. The minimum absolute atomic E-state index is 0.0312. The van der Waals surface area contributed by atoms with Gasteiger partial charge in [-0.3, -0.25) is 4.98 Å². The second-order valence-electron chi connectivity index (χ2n) is 7.02. The number of nitrogens with zero attached hydrogens (tertiary/aromatic N) is 3. The monoisotopic (exact) mass is 424 g/mol. The van der Waals surface area contributed by atoms with Gasteiger partial charge in [-0.15, -0.1) is 0 Å². The molecule has 0 fully saturated rings. The molecule has 0 bridgehead atoms. The predicted molar refractivity (Wildman–Crippen MR) is 117 cm³/mol. The molecule has 162 valence electrons. The van der Waals surface area contributed by atoms with Crippen molar-refractivity contribution < 1.29 is 19.0 Å². The maximum atomic E-state index is 13.7. The second-order valence-corrected chi connectivity index (χ2v) is 7.02. The number of hydrogen-bond donors (Lipinski definition) is 2.